The van der Waals surface area contributed by atoms with Crippen LogP contribution in [0.25, 0.3) is 0 Å². The zero-order valence-corrected chi connectivity index (χ0v) is 8.86. The fourth-order valence-corrected chi connectivity index (χ4v) is 1.19. The van der Waals surface area contributed by atoms with Gasteiger partial charge in [0.1, 0.15) is 0 Å². The molecule has 0 radical (unpaired) electrons. The second kappa shape index (κ2) is 7.04. The number of hydrogen-bond donors (Lipinski definition) is 0. The summed E-state index contributed by atoms with van der Waals surface area (Å²) in [7, 11) is 0. The van der Waals surface area contributed by atoms with E-state index < -0.39 is 0 Å². The van der Waals surface area contributed by atoms with Crippen molar-refractivity contribution in [3.8, 4) is 0 Å². The second-order valence-electron chi connectivity index (χ2n) is 2.96. The predicted molar refractivity (Wildman–Crippen MR) is 51.6 cm³/mol. The minimum atomic E-state index is 0.250. The summed E-state index contributed by atoms with van der Waals surface area (Å²) in [6.07, 6.45) is 4.35. The Kier molecular flexibility index (Phi) is 6.33. The monoisotopic (exact) mass is 196 g/mol. The Bertz CT molecular complexity index is 288. The molecule has 0 aliphatic carbocycles. The van der Waals surface area contributed by atoms with Gasteiger partial charge in [-0.1, -0.05) is 13.8 Å². The summed E-state index contributed by atoms with van der Waals surface area (Å²) in [4.78, 5) is 16.2. The molecule has 1 aromatic heterocycles. The van der Waals surface area contributed by atoms with Crippen LogP contribution in [0.1, 0.15) is 38.9 Å². The number of carbonyl (C=O) groups excluding carboxylic acids is 2. The zero-order chi connectivity index (χ0) is 11.0. The lowest BCUT2D eigenvalue weighted by Gasteiger charge is -2.12. The second-order valence-corrected chi connectivity index (χ2v) is 2.96. The summed E-state index contributed by atoms with van der Waals surface area (Å²) in [5.74, 6) is 0. The minimum Gasteiger partial charge on any atom is -0.267 e. The molecule has 1 heterocycles. The van der Waals surface area contributed by atoms with Gasteiger partial charge in [0.25, 0.3) is 0 Å². The molecule has 0 spiro atoms. The van der Waals surface area contributed by atoms with E-state index in [4.69, 9.17) is 9.59 Å². The summed E-state index contributed by atoms with van der Waals surface area (Å²) in [5.41, 5.74) is 1.33. The van der Waals surface area contributed by atoms with Crippen LogP contribution in [0.3, 0.4) is 0 Å². The van der Waals surface area contributed by atoms with Crippen LogP contribution in [0, 0.1) is 0 Å². The number of rotatable bonds is 3. The third kappa shape index (κ3) is 3.54. The van der Waals surface area contributed by atoms with E-state index in [-0.39, 0.29) is 6.15 Å². The van der Waals surface area contributed by atoms with Gasteiger partial charge >= 0.3 is 6.15 Å². The van der Waals surface area contributed by atoms with Crippen molar-refractivity contribution in [2.24, 2.45) is 0 Å². The molecule has 0 N–H and O–H groups in total. The molecule has 1 aromatic rings. The van der Waals surface area contributed by atoms with Gasteiger partial charge in [0, 0.05) is 17.9 Å². The Morgan fingerprint density at radius 3 is 2.50 bits per heavy atom. The highest BCUT2D eigenvalue weighted by molar-refractivity contribution is 5.20. The first-order valence-electron chi connectivity index (χ1n) is 4.72. The van der Waals surface area contributed by atoms with Crippen LogP contribution in [0.5, 0.6) is 0 Å². The molecule has 0 saturated heterocycles. The first-order valence-corrected chi connectivity index (χ1v) is 4.72. The SMILES string of the molecule is CCc1ccnn1[C@@H](C)CC.O=C=O. The van der Waals surface area contributed by atoms with Crippen LogP contribution in [0.4, 0.5) is 0 Å². The van der Waals surface area contributed by atoms with Gasteiger partial charge in [-0.2, -0.15) is 14.7 Å². The van der Waals surface area contributed by atoms with Crippen molar-refractivity contribution >= 4 is 6.15 Å². The van der Waals surface area contributed by atoms with E-state index in [9.17, 15) is 0 Å². The van der Waals surface area contributed by atoms with Crippen LogP contribution in [-0.4, -0.2) is 15.9 Å². The lowest BCUT2D eigenvalue weighted by atomic mass is 10.2. The average molecular weight is 196 g/mol. The predicted octanol–water partition coefficient (Wildman–Crippen LogP) is 1.83. The van der Waals surface area contributed by atoms with Crippen molar-refractivity contribution in [3.63, 3.8) is 0 Å². The van der Waals surface area contributed by atoms with Crippen molar-refractivity contribution in [1.82, 2.24) is 9.78 Å². The number of aryl methyl sites for hydroxylation is 1. The normalized spacial score (nSPS) is 11.1. The molecule has 0 aromatic carbocycles. The molecule has 0 bridgehead atoms. The van der Waals surface area contributed by atoms with Crippen molar-refractivity contribution in [2.45, 2.75) is 39.7 Å². The molecule has 14 heavy (non-hydrogen) atoms. The Morgan fingerprint density at radius 2 is 2.07 bits per heavy atom. The van der Waals surface area contributed by atoms with E-state index in [0.29, 0.717) is 6.04 Å². The number of aromatic nitrogens is 2. The molecule has 4 heteroatoms. The lowest BCUT2D eigenvalue weighted by molar-refractivity contribution is -0.191. The molecule has 0 fully saturated rings. The van der Waals surface area contributed by atoms with Crippen molar-refractivity contribution in [1.29, 1.82) is 0 Å². The molecule has 0 saturated carbocycles. The molecule has 1 rings (SSSR count). The smallest absolute Gasteiger partial charge is 0.267 e. The van der Waals surface area contributed by atoms with E-state index in [1.165, 1.54) is 5.69 Å². The maximum atomic E-state index is 8.12. The van der Waals surface area contributed by atoms with Crippen LogP contribution in [0.2, 0.25) is 0 Å². The molecule has 0 aliphatic rings. The van der Waals surface area contributed by atoms with Gasteiger partial charge in [0.2, 0.25) is 0 Å². The van der Waals surface area contributed by atoms with Gasteiger partial charge in [-0.15, -0.1) is 0 Å². The first-order chi connectivity index (χ1) is 6.71. The van der Waals surface area contributed by atoms with Crippen LogP contribution < -0.4 is 0 Å². The third-order valence-electron chi connectivity index (χ3n) is 2.12. The topological polar surface area (TPSA) is 52.0 Å². The van der Waals surface area contributed by atoms with E-state index >= 15 is 0 Å². The highest BCUT2D eigenvalue weighted by Gasteiger charge is 2.05. The van der Waals surface area contributed by atoms with Crippen LogP contribution in [-0.2, 0) is 16.0 Å². The molecule has 0 amide bonds. The molecule has 1 atom stereocenters. The van der Waals surface area contributed by atoms with Crippen molar-refractivity contribution in [2.75, 3.05) is 0 Å². The largest absolute Gasteiger partial charge is 0.373 e. The minimum absolute atomic E-state index is 0.250. The quantitative estimate of drug-likeness (QED) is 0.741. The number of nitrogens with zero attached hydrogens (tertiary/aromatic N) is 2. The van der Waals surface area contributed by atoms with Gasteiger partial charge in [-0.3, -0.25) is 4.68 Å². The summed E-state index contributed by atoms with van der Waals surface area (Å²) in [5, 5.41) is 4.27. The Labute approximate surface area is 83.9 Å². The first kappa shape index (κ1) is 12.6. The maximum Gasteiger partial charge on any atom is 0.373 e. The highest BCUT2D eigenvalue weighted by atomic mass is 16.2. The zero-order valence-electron chi connectivity index (χ0n) is 8.86. The molecule has 78 valence electrons. The Hall–Kier alpha value is -1.41. The fraction of sp³-hybridized carbons (Fsp3) is 0.600. The van der Waals surface area contributed by atoms with Gasteiger partial charge < -0.3 is 0 Å². The summed E-state index contributed by atoms with van der Waals surface area (Å²) < 4.78 is 2.11. The van der Waals surface area contributed by atoms with E-state index in [1.54, 1.807) is 0 Å². The Morgan fingerprint density at radius 1 is 1.50 bits per heavy atom. The van der Waals surface area contributed by atoms with Gasteiger partial charge in [0.05, 0.1) is 0 Å². The van der Waals surface area contributed by atoms with E-state index in [0.717, 1.165) is 12.8 Å². The van der Waals surface area contributed by atoms with Crippen LogP contribution >= 0.6 is 0 Å². The molecule has 4 nitrogen and oxygen atoms in total. The Balaban J connectivity index is 0.000000500. The molecule has 0 aliphatic heterocycles. The summed E-state index contributed by atoms with van der Waals surface area (Å²) >= 11 is 0. The fourth-order valence-electron chi connectivity index (χ4n) is 1.19. The highest BCUT2D eigenvalue weighted by Crippen LogP contribution is 2.11. The number of hydrogen-bond acceptors (Lipinski definition) is 3. The summed E-state index contributed by atoms with van der Waals surface area (Å²) in [6, 6.07) is 2.63. The van der Waals surface area contributed by atoms with E-state index in [2.05, 4.69) is 36.6 Å². The van der Waals surface area contributed by atoms with Gasteiger partial charge in [-0.25, -0.2) is 0 Å². The molecular weight excluding hydrogens is 180 g/mol. The van der Waals surface area contributed by atoms with E-state index in [1.807, 2.05) is 6.20 Å². The summed E-state index contributed by atoms with van der Waals surface area (Å²) in [6.45, 7) is 6.55. The van der Waals surface area contributed by atoms with Gasteiger partial charge in [0.15, 0.2) is 0 Å². The third-order valence-corrected chi connectivity index (χ3v) is 2.12. The lowest BCUT2D eigenvalue weighted by Crippen LogP contribution is -2.08. The van der Waals surface area contributed by atoms with Crippen molar-refractivity contribution < 1.29 is 9.59 Å². The van der Waals surface area contributed by atoms with Crippen LogP contribution in [0.15, 0.2) is 12.3 Å². The average Bonchev–Trinajstić information content (AvgIpc) is 2.65. The van der Waals surface area contributed by atoms with Gasteiger partial charge in [-0.05, 0) is 25.8 Å². The standard InChI is InChI=1S/C9H16N2.CO2/c1-4-8(3)11-9(5-2)6-7-10-11;2-1-3/h6-8H,4-5H2,1-3H3;/t8-;/m0./s1. The van der Waals surface area contributed by atoms with Crippen molar-refractivity contribution in [3.05, 3.63) is 18.0 Å². The molecular formula is C10H16N2O2. The molecule has 0 unspecified atom stereocenters. The maximum absolute atomic E-state index is 8.12.